The number of nitrogens with one attached hydrogen (secondary N) is 1. The lowest BCUT2D eigenvalue weighted by Crippen LogP contribution is -2.18. The summed E-state index contributed by atoms with van der Waals surface area (Å²) in [5, 5.41) is 12.1. The van der Waals surface area contributed by atoms with Gasteiger partial charge in [0.05, 0.1) is 6.10 Å². The molecule has 84 valence electrons. The summed E-state index contributed by atoms with van der Waals surface area (Å²) in [5.41, 5.74) is 0.450. The van der Waals surface area contributed by atoms with E-state index in [0.717, 1.165) is 25.1 Å². The van der Waals surface area contributed by atoms with Crippen molar-refractivity contribution in [2.45, 2.75) is 31.4 Å². The molecular formula is C12H15N3O. The molecule has 0 saturated heterocycles. The number of hydrogen-bond acceptors (Lipinski definition) is 4. The Morgan fingerprint density at radius 3 is 3.06 bits per heavy atom. The van der Waals surface area contributed by atoms with E-state index < -0.39 is 0 Å². The number of hydrogen-bond donors (Lipinski definition) is 1. The predicted molar refractivity (Wildman–Crippen MR) is 61.0 cm³/mol. The predicted octanol–water partition coefficient (Wildman–Crippen LogP) is 1.93. The first-order valence-corrected chi connectivity index (χ1v) is 5.48. The zero-order valence-electron chi connectivity index (χ0n) is 9.31. The summed E-state index contributed by atoms with van der Waals surface area (Å²) in [4.78, 5) is 4.19. The Hall–Kier alpha value is -1.60. The second-order valence-corrected chi connectivity index (χ2v) is 4.03. The standard InChI is InChI=1S/C12H15N3O/c1-16-11-6-5-9(7-11)14-12-4-2-3-10(8-13)15-12/h2-4,9,11H,5-7H2,1H3,(H,14,15). The minimum absolute atomic E-state index is 0.358. The average Bonchev–Trinajstić information content (AvgIpc) is 2.77. The van der Waals surface area contributed by atoms with Crippen LogP contribution in [0.2, 0.25) is 0 Å². The highest BCUT2D eigenvalue weighted by Crippen LogP contribution is 2.24. The van der Waals surface area contributed by atoms with E-state index in [1.165, 1.54) is 0 Å². The number of methoxy groups -OCH3 is 1. The van der Waals surface area contributed by atoms with Gasteiger partial charge >= 0.3 is 0 Å². The van der Waals surface area contributed by atoms with Gasteiger partial charge in [0.2, 0.25) is 0 Å². The lowest BCUT2D eigenvalue weighted by atomic mass is 10.2. The molecule has 1 aromatic heterocycles. The third-order valence-electron chi connectivity index (χ3n) is 2.93. The number of nitrogens with zero attached hydrogens (tertiary/aromatic N) is 2. The Balaban J connectivity index is 1.97. The molecular weight excluding hydrogens is 202 g/mol. The first-order chi connectivity index (χ1) is 7.81. The summed E-state index contributed by atoms with van der Waals surface area (Å²) in [6.07, 6.45) is 3.55. The number of nitriles is 1. The van der Waals surface area contributed by atoms with Crippen LogP contribution in [-0.2, 0) is 4.74 Å². The summed E-state index contributed by atoms with van der Waals surface area (Å²) in [7, 11) is 1.75. The van der Waals surface area contributed by atoms with Crippen molar-refractivity contribution in [2.75, 3.05) is 12.4 Å². The van der Waals surface area contributed by atoms with Gasteiger partial charge in [0.1, 0.15) is 17.6 Å². The lowest BCUT2D eigenvalue weighted by molar-refractivity contribution is 0.108. The Bertz CT molecular complexity index is 399. The van der Waals surface area contributed by atoms with E-state index in [2.05, 4.69) is 10.3 Å². The van der Waals surface area contributed by atoms with E-state index in [1.807, 2.05) is 18.2 Å². The van der Waals surface area contributed by atoms with Crippen LogP contribution in [0.1, 0.15) is 25.0 Å². The van der Waals surface area contributed by atoms with Gasteiger partial charge in [-0.15, -0.1) is 0 Å². The molecule has 0 radical (unpaired) electrons. The largest absolute Gasteiger partial charge is 0.381 e. The first-order valence-electron chi connectivity index (χ1n) is 5.48. The molecule has 1 N–H and O–H groups in total. The second kappa shape index (κ2) is 4.95. The Morgan fingerprint density at radius 2 is 2.38 bits per heavy atom. The van der Waals surface area contributed by atoms with E-state index in [4.69, 9.17) is 10.00 Å². The van der Waals surface area contributed by atoms with Gasteiger partial charge in [-0.05, 0) is 31.4 Å². The van der Waals surface area contributed by atoms with Crippen LogP contribution in [0.5, 0.6) is 0 Å². The normalized spacial score (nSPS) is 24.0. The molecule has 2 rings (SSSR count). The molecule has 1 fully saturated rings. The van der Waals surface area contributed by atoms with Crippen molar-refractivity contribution in [1.29, 1.82) is 5.26 Å². The maximum absolute atomic E-state index is 8.74. The smallest absolute Gasteiger partial charge is 0.142 e. The van der Waals surface area contributed by atoms with Crippen LogP contribution < -0.4 is 5.32 Å². The average molecular weight is 217 g/mol. The summed E-state index contributed by atoms with van der Waals surface area (Å²) in [6.45, 7) is 0. The molecule has 0 spiro atoms. The highest BCUT2D eigenvalue weighted by molar-refractivity contribution is 5.39. The molecule has 16 heavy (non-hydrogen) atoms. The van der Waals surface area contributed by atoms with Crippen LogP contribution in [0.15, 0.2) is 18.2 Å². The topological polar surface area (TPSA) is 57.9 Å². The van der Waals surface area contributed by atoms with Crippen molar-refractivity contribution in [2.24, 2.45) is 0 Å². The van der Waals surface area contributed by atoms with Crippen molar-refractivity contribution < 1.29 is 4.74 Å². The minimum Gasteiger partial charge on any atom is -0.381 e. The third-order valence-corrected chi connectivity index (χ3v) is 2.93. The number of anilines is 1. The maximum atomic E-state index is 8.74. The monoisotopic (exact) mass is 217 g/mol. The van der Waals surface area contributed by atoms with Crippen LogP contribution in [0.3, 0.4) is 0 Å². The summed E-state index contributed by atoms with van der Waals surface area (Å²) in [6, 6.07) is 7.88. The van der Waals surface area contributed by atoms with Crippen LogP contribution in [0, 0.1) is 11.3 Å². The Labute approximate surface area is 95.3 Å². The minimum atomic E-state index is 0.358. The summed E-state index contributed by atoms with van der Waals surface area (Å²) < 4.78 is 5.31. The molecule has 0 amide bonds. The fraction of sp³-hybridized carbons (Fsp3) is 0.500. The van der Waals surface area contributed by atoms with Crippen LogP contribution >= 0.6 is 0 Å². The highest BCUT2D eigenvalue weighted by Gasteiger charge is 2.24. The van der Waals surface area contributed by atoms with Crippen molar-refractivity contribution >= 4 is 5.82 Å². The highest BCUT2D eigenvalue weighted by atomic mass is 16.5. The summed E-state index contributed by atoms with van der Waals surface area (Å²) in [5.74, 6) is 0.779. The van der Waals surface area contributed by atoms with Gasteiger partial charge in [0.15, 0.2) is 0 Å². The molecule has 0 aromatic carbocycles. The molecule has 4 heteroatoms. The van der Waals surface area contributed by atoms with E-state index in [-0.39, 0.29) is 0 Å². The molecule has 2 atom stereocenters. The van der Waals surface area contributed by atoms with Gasteiger partial charge in [-0.1, -0.05) is 6.07 Å². The van der Waals surface area contributed by atoms with E-state index in [1.54, 1.807) is 13.2 Å². The van der Waals surface area contributed by atoms with Gasteiger partial charge in [-0.2, -0.15) is 5.26 Å². The third kappa shape index (κ3) is 2.50. The second-order valence-electron chi connectivity index (χ2n) is 4.03. The van der Waals surface area contributed by atoms with E-state index in [9.17, 15) is 0 Å². The van der Waals surface area contributed by atoms with Gasteiger partial charge in [-0.3, -0.25) is 0 Å². The number of ether oxygens (including phenoxy) is 1. The summed E-state index contributed by atoms with van der Waals surface area (Å²) >= 11 is 0. The Morgan fingerprint density at radius 1 is 1.50 bits per heavy atom. The number of rotatable bonds is 3. The van der Waals surface area contributed by atoms with Crippen molar-refractivity contribution in [3.05, 3.63) is 23.9 Å². The van der Waals surface area contributed by atoms with Gasteiger partial charge < -0.3 is 10.1 Å². The maximum Gasteiger partial charge on any atom is 0.142 e. The Kier molecular flexibility index (Phi) is 3.37. The van der Waals surface area contributed by atoms with E-state index in [0.29, 0.717) is 17.8 Å². The van der Waals surface area contributed by atoms with E-state index >= 15 is 0 Å². The van der Waals surface area contributed by atoms with Crippen LogP contribution in [0.25, 0.3) is 0 Å². The number of pyridine rings is 1. The molecule has 2 unspecified atom stereocenters. The van der Waals surface area contributed by atoms with Gasteiger partial charge in [-0.25, -0.2) is 4.98 Å². The van der Waals surface area contributed by atoms with Gasteiger partial charge in [0, 0.05) is 13.2 Å². The van der Waals surface area contributed by atoms with Gasteiger partial charge in [0.25, 0.3) is 0 Å². The van der Waals surface area contributed by atoms with Crippen LogP contribution in [-0.4, -0.2) is 24.2 Å². The SMILES string of the molecule is COC1CCC(Nc2cccc(C#N)n2)C1. The molecule has 0 bridgehead atoms. The molecule has 1 aliphatic rings. The quantitative estimate of drug-likeness (QED) is 0.840. The molecule has 0 aliphatic heterocycles. The first kappa shape index (κ1) is 10.9. The fourth-order valence-corrected chi connectivity index (χ4v) is 2.07. The molecule has 1 aromatic rings. The zero-order valence-corrected chi connectivity index (χ0v) is 9.31. The molecule has 1 aliphatic carbocycles. The zero-order chi connectivity index (χ0) is 11.4. The van der Waals surface area contributed by atoms with Crippen LogP contribution in [0.4, 0.5) is 5.82 Å². The van der Waals surface area contributed by atoms with Crippen molar-refractivity contribution in [3.8, 4) is 6.07 Å². The lowest BCUT2D eigenvalue weighted by Gasteiger charge is -2.13. The van der Waals surface area contributed by atoms with Crippen molar-refractivity contribution in [3.63, 3.8) is 0 Å². The number of aromatic nitrogens is 1. The van der Waals surface area contributed by atoms with Crippen molar-refractivity contribution in [1.82, 2.24) is 4.98 Å². The molecule has 4 nitrogen and oxygen atoms in total. The molecule has 1 heterocycles. The fourth-order valence-electron chi connectivity index (χ4n) is 2.07. The molecule has 1 saturated carbocycles.